The largest absolute Gasteiger partial charge is 0.455 e. The molecule has 0 unspecified atom stereocenters. The molecule has 0 radical (unpaired) electrons. The number of aromatic nitrogens is 3. The first kappa shape index (κ1) is 27.0. The molecule has 0 N–H and O–H groups in total. The summed E-state index contributed by atoms with van der Waals surface area (Å²) in [5.74, 6) is 1.82. The molecule has 7 aromatic carbocycles. The lowest BCUT2D eigenvalue weighted by atomic mass is 9.96. The van der Waals surface area contributed by atoms with Gasteiger partial charge in [0.05, 0.1) is 5.56 Å². The van der Waals surface area contributed by atoms with Crippen LogP contribution in [0, 0.1) is 0 Å². The van der Waals surface area contributed by atoms with Crippen LogP contribution < -0.4 is 0 Å². The Morgan fingerprint density at radius 2 is 0.894 bits per heavy atom. The van der Waals surface area contributed by atoms with Gasteiger partial charge in [0.25, 0.3) is 0 Å². The molecule has 9 rings (SSSR count). The van der Waals surface area contributed by atoms with Gasteiger partial charge in [0.15, 0.2) is 17.5 Å². The van der Waals surface area contributed by atoms with Crippen LogP contribution >= 0.6 is 0 Å². The predicted molar refractivity (Wildman–Crippen MR) is 192 cm³/mol. The molecule has 0 saturated heterocycles. The number of furan rings is 1. The van der Waals surface area contributed by atoms with Crippen molar-refractivity contribution >= 4 is 32.7 Å². The van der Waals surface area contributed by atoms with E-state index in [1.54, 1.807) is 0 Å². The highest BCUT2D eigenvalue weighted by molar-refractivity contribution is 6.10. The Balaban J connectivity index is 1.14. The van der Waals surface area contributed by atoms with E-state index in [9.17, 15) is 0 Å². The fourth-order valence-electron chi connectivity index (χ4n) is 6.40. The summed E-state index contributed by atoms with van der Waals surface area (Å²) < 4.78 is 6.54. The molecule has 47 heavy (non-hydrogen) atoms. The maximum Gasteiger partial charge on any atom is 0.167 e. The Kier molecular flexibility index (Phi) is 6.43. The maximum atomic E-state index is 6.54. The molecule has 2 heterocycles. The quantitative estimate of drug-likeness (QED) is 0.197. The van der Waals surface area contributed by atoms with Gasteiger partial charge in [-0.3, -0.25) is 0 Å². The van der Waals surface area contributed by atoms with Gasteiger partial charge in [-0.15, -0.1) is 0 Å². The maximum absolute atomic E-state index is 6.54. The van der Waals surface area contributed by atoms with E-state index < -0.39 is 0 Å². The fourth-order valence-corrected chi connectivity index (χ4v) is 6.40. The molecule has 0 aliphatic rings. The van der Waals surface area contributed by atoms with Gasteiger partial charge in [-0.2, -0.15) is 0 Å². The highest BCUT2D eigenvalue weighted by atomic mass is 16.3. The van der Waals surface area contributed by atoms with E-state index in [4.69, 9.17) is 19.4 Å². The average molecular weight is 602 g/mol. The summed E-state index contributed by atoms with van der Waals surface area (Å²) in [5, 5.41) is 4.58. The van der Waals surface area contributed by atoms with Gasteiger partial charge in [-0.25, -0.2) is 15.0 Å². The lowest BCUT2D eigenvalue weighted by Crippen LogP contribution is -2.00. The molecule has 2 aromatic heterocycles. The minimum atomic E-state index is 0.576. The molecule has 9 aromatic rings. The third-order valence-electron chi connectivity index (χ3n) is 8.76. The van der Waals surface area contributed by atoms with Crippen molar-refractivity contribution in [3.05, 3.63) is 164 Å². The molecule has 0 spiro atoms. The van der Waals surface area contributed by atoms with Crippen LogP contribution in [0.4, 0.5) is 0 Å². The highest BCUT2D eigenvalue weighted by Crippen LogP contribution is 2.38. The average Bonchev–Trinajstić information content (AvgIpc) is 3.53. The zero-order valence-electron chi connectivity index (χ0n) is 25.3. The van der Waals surface area contributed by atoms with E-state index in [1.807, 2.05) is 72.8 Å². The molecule has 0 aliphatic heterocycles. The van der Waals surface area contributed by atoms with E-state index in [-0.39, 0.29) is 0 Å². The van der Waals surface area contributed by atoms with Gasteiger partial charge in [0.2, 0.25) is 0 Å². The number of nitrogens with zero attached hydrogens (tertiary/aromatic N) is 3. The summed E-state index contributed by atoms with van der Waals surface area (Å²) in [7, 11) is 0. The molecular formula is C43H27N3O. The lowest BCUT2D eigenvalue weighted by molar-refractivity contribution is 0.669. The van der Waals surface area contributed by atoms with Crippen LogP contribution in [0.25, 0.3) is 89.1 Å². The van der Waals surface area contributed by atoms with Crippen LogP contribution in [0.15, 0.2) is 168 Å². The molecule has 0 aliphatic carbocycles. The molecule has 4 nitrogen and oxygen atoms in total. The van der Waals surface area contributed by atoms with E-state index in [0.29, 0.717) is 17.5 Å². The smallest absolute Gasteiger partial charge is 0.167 e. The first-order valence-corrected chi connectivity index (χ1v) is 15.7. The van der Waals surface area contributed by atoms with Crippen molar-refractivity contribution in [2.24, 2.45) is 0 Å². The predicted octanol–water partition coefficient (Wildman–Crippen LogP) is 11.3. The topological polar surface area (TPSA) is 51.8 Å². The Morgan fingerprint density at radius 3 is 1.64 bits per heavy atom. The zero-order chi connectivity index (χ0) is 31.2. The van der Waals surface area contributed by atoms with Crippen molar-refractivity contribution < 1.29 is 4.42 Å². The summed E-state index contributed by atoms with van der Waals surface area (Å²) in [6, 6.07) is 56.5. The minimum Gasteiger partial charge on any atom is -0.455 e. The van der Waals surface area contributed by atoms with Crippen LogP contribution in [-0.2, 0) is 0 Å². The second-order valence-corrected chi connectivity index (χ2v) is 11.6. The van der Waals surface area contributed by atoms with Crippen LogP contribution in [0.5, 0.6) is 0 Å². The van der Waals surface area contributed by atoms with Gasteiger partial charge in [0.1, 0.15) is 11.2 Å². The van der Waals surface area contributed by atoms with Crippen LogP contribution in [0.1, 0.15) is 0 Å². The first-order chi connectivity index (χ1) is 23.3. The molecule has 0 bridgehead atoms. The van der Waals surface area contributed by atoms with Gasteiger partial charge in [-0.05, 0) is 51.2 Å². The highest BCUT2D eigenvalue weighted by Gasteiger charge is 2.18. The molecule has 0 saturated carbocycles. The summed E-state index contributed by atoms with van der Waals surface area (Å²) >= 11 is 0. The summed E-state index contributed by atoms with van der Waals surface area (Å²) in [6.45, 7) is 0. The van der Waals surface area contributed by atoms with E-state index in [2.05, 4.69) is 91.0 Å². The van der Waals surface area contributed by atoms with Crippen molar-refractivity contribution in [2.75, 3.05) is 0 Å². The Bertz CT molecular complexity index is 2490. The molecule has 0 fully saturated rings. The summed E-state index contributed by atoms with van der Waals surface area (Å²) in [6.07, 6.45) is 0. The Hall–Kier alpha value is -6.39. The number of hydrogen-bond donors (Lipinski definition) is 0. The number of rotatable bonds is 5. The normalized spacial score (nSPS) is 11.4. The SMILES string of the molecule is c1ccc(-c2nc(-c3ccccc3)nc(-c3cccc4c3oc3ccc(-c5ccc(-c6cccc7ccccc67)cc5)cc34)n2)cc1. The number of fused-ring (bicyclic) bond motifs is 4. The van der Waals surface area contributed by atoms with Crippen molar-refractivity contribution in [3.8, 4) is 56.4 Å². The van der Waals surface area contributed by atoms with E-state index in [0.717, 1.165) is 49.8 Å². The van der Waals surface area contributed by atoms with E-state index >= 15 is 0 Å². The van der Waals surface area contributed by atoms with Crippen LogP contribution in [-0.4, -0.2) is 15.0 Å². The standard InChI is InChI=1S/C43H27N3O/c1-3-12-31(13-4-1)41-44-42(32-14-5-2-6-15-32)46-43(45-41)37-20-10-19-36-38-27-33(25-26-39(38)47-40(36)37)28-21-23-30(24-22-28)35-18-9-16-29-11-7-8-17-34(29)35/h1-27H. The van der Waals surface area contributed by atoms with Gasteiger partial charge < -0.3 is 4.42 Å². The third-order valence-corrected chi connectivity index (χ3v) is 8.76. The van der Waals surface area contributed by atoms with Crippen LogP contribution in [0.3, 0.4) is 0 Å². The molecule has 0 atom stereocenters. The van der Waals surface area contributed by atoms with Crippen molar-refractivity contribution in [2.45, 2.75) is 0 Å². The van der Waals surface area contributed by atoms with Gasteiger partial charge >= 0.3 is 0 Å². The summed E-state index contributed by atoms with van der Waals surface area (Å²) in [5.41, 5.74) is 9.00. The molecule has 220 valence electrons. The van der Waals surface area contributed by atoms with E-state index in [1.165, 1.54) is 21.9 Å². The van der Waals surface area contributed by atoms with Crippen LogP contribution in [0.2, 0.25) is 0 Å². The number of hydrogen-bond acceptors (Lipinski definition) is 4. The summed E-state index contributed by atoms with van der Waals surface area (Å²) in [4.78, 5) is 14.8. The second-order valence-electron chi connectivity index (χ2n) is 11.6. The van der Waals surface area contributed by atoms with Crippen molar-refractivity contribution in [3.63, 3.8) is 0 Å². The van der Waals surface area contributed by atoms with Gasteiger partial charge in [-0.1, -0.05) is 146 Å². The zero-order valence-corrected chi connectivity index (χ0v) is 25.3. The second kappa shape index (κ2) is 11.2. The minimum absolute atomic E-state index is 0.576. The van der Waals surface area contributed by atoms with Gasteiger partial charge in [0, 0.05) is 21.9 Å². The molecular weight excluding hydrogens is 574 g/mol. The fraction of sp³-hybridized carbons (Fsp3) is 0. The molecule has 0 amide bonds. The lowest BCUT2D eigenvalue weighted by Gasteiger charge is -2.09. The third kappa shape index (κ3) is 4.84. The van der Waals surface area contributed by atoms with Crippen molar-refractivity contribution in [1.29, 1.82) is 0 Å². The first-order valence-electron chi connectivity index (χ1n) is 15.7. The monoisotopic (exact) mass is 601 g/mol. The Morgan fingerprint density at radius 1 is 0.340 bits per heavy atom. The number of benzene rings is 7. The Labute approximate surface area is 271 Å². The number of para-hydroxylation sites is 1. The molecule has 4 heteroatoms. The van der Waals surface area contributed by atoms with Crippen molar-refractivity contribution in [1.82, 2.24) is 15.0 Å².